The number of amides is 1. The number of hydrogen-bond donors (Lipinski definition) is 1. The van der Waals surface area contributed by atoms with Crippen molar-refractivity contribution in [3.8, 4) is 0 Å². The topological polar surface area (TPSA) is 59.8 Å². The van der Waals surface area contributed by atoms with Gasteiger partial charge < -0.3 is 5.32 Å². The van der Waals surface area contributed by atoms with Crippen LogP contribution < -0.4 is 5.32 Å². The lowest BCUT2D eigenvalue weighted by Gasteiger charge is -2.03. The summed E-state index contributed by atoms with van der Waals surface area (Å²) in [7, 11) is 1.60. The Balaban J connectivity index is 2.15. The van der Waals surface area contributed by atoms with E-state index in [9.17, 15) is 9.18 Å². The fraction of sp³-hybridized carbons (Fsp3) is 0.100. The van der Waals surface area contributed by atoms with Gasteiger partial charge in [0.05, 0.1) is 11.2 Å². The summed E-state index contributed by atoms with van der Waals surface area (Å²) in [5.41, 5.74) is 0.569. The Hall–Kier alpha value is -1.95. The molecule has 2 aromatic rings. The van der Waals surface area contributed by atoms with Gasteiger partial charge >= 0.3 is 0 Å². The Labute approximate surface area is 101 Å². The second-order valence-corrected chi connectivity index (χ2v) is 3.71. The van der Waals surface area contributed by atoms with Crippen LogP contribution in [0.3, 0.4) is 0 Å². The summed E-state index contributed by atoms with van der Waals surface area (Å²) in [6.45, 7) is 0. The molecule has 0 saturated heterocycles. The Morgan fingerprint density at radius 2 is 2.29 bits per heavy atom. The first-order chi connectivity index (χ1) is 8.06. The molecule has 1 aromatic heterocycles. The molecule has 0 unspecified atom stereocenters. The van der Waals surface area contributed by atoms with Gasteiger partial charge in [-0.05, 0) is 18.2 Å². The second kappa shape index (κ2) is 4.50. The van der Waals surface area contributed by atoms with E-state index in [0.717, 1.165) is 0 Å². The van der Waals surface area contributed by atoms with Gasteiger partial charge in [0.25, 0.3) is 5.91 Å². The van der Waals surface area contributed by atoms with Crippen LogP contribution in [0, 0.1) is 5.82 Å². The largest absolute Gasteiger partial charge is 0.320 e. The molecule has 88 valence electrons. The summed E-state index contributed by atoms with van der Waals surface area (Å²) < 4.78 is 12.9. The van der Waals surface area contributed by atoms with E-state index in [0.29, 0.717) is 5.69 Å². The molecule has 7 heteroatoms. The molecule has 0 aliphatic rings. The summed E-state index contributed by atoms with van der Waals surface area (Å²) in [6, 6.07) is 3.91. The zero-order chi connectivity index (χ0) is 12.4. The number of aryl methyl sites for hydroxylation is 1. The summed E-state index contributed by atoms with van der Waals surface area (Å²) >= 11 is 5.59. The van der Waals surface area contributed by atoms with Gasteiger partial charge in [0.1, 0.15) is 5.82 Å². The molecule has 17 heavy (non-hydrogen) atoms. The first kappa shape index (κ1) is 11.5. The summed E-state index contributed by atoms with van der Waals surface area (Å²) in [5, 5.41) is 10.1. The normalized spacial score (nSPS) is 10.3. The first-order valence-electron chi connectivity index (χ1n) is 4.69. The number of hydrogen-bond acceptors (Lipinski definition) is 3. The van der Waals surface area contributed by atoms with E-state index in [1.165, 1.54) is 29.2 Å². The SMILES string of the molecule is Cn1ncc(C(=O)Nc2ccc(F)c(Cl)c2)n1. The third kappa shape index (κ3) is 2.59. The lowest BCUT2D eigenvalue weighted by Crippen LogP contribution is -2.13. The maximum Gasteiger partial charge on any atom is 0.277 e. The predicted molar refractivity (Wildman–Crippen MR) is 60.4 cm³/mol. The Kier molecular flexibility index (Phi) is 3.06. The summed E-state index contributed by atoms with van der Waals surface area (Å²) in [6.07, 6.45) is 1.33. The van der Waals surface area contributed by atoms with Crippen LogP contribution in [0.1, 0.15) is 10.5 Å². The molecule has 0 spiro atoms. The first-order valence-corrected chi connectivity index (χ1v) is 5.07. The Bertz CT molecular complexity index is 569. The van der Waals surface area contributed by atoms with Crippen LogP contribution in [0.4, 0.5) is 10.1 Å². The van der Waals surface area contributed by atoms with E-state index in [1.807, 2.05) is 0 Å². The van der Waals surface area contributed by atoms with Crippen LogP contribution in [0.25, 0.3) is 0 Å². The quantitative estimate of drug-likeness (QED) is 0.890. The molecule has 0 fully saturated rings. The maximum absolute atomic E-state index is 12.9. The van der Waals surface area contributed by atoms with E-state index in [2.05, 4.69) is 15.5 Å². The highest BCUT2D eigenvalue weighted by atomic mass is 35.5. The molecule has 1 amide bonds. The summed E-state index contributed by atoms with van der Waals surface area (Å²) in [5.74, 6) is -0.968. The minimum atomic E-state index is -0.538. The van der Waals surface area contributed by atoms with Crippen LogP contribution in [-0.2, 0) is 7.05 Å². The van der Waals surface area contributed by atoms with Gasteiger partial charge in [-0.2, -0.15) is 9.90 Å². The van der Waals surface area contributed by atoms with Gasteiger partial charge in [0.2, 0.25) is 0 Å². The number of aromatic nitrogens is 3. The van der Waals surface area contributed by atoms with Crippen LogP contribution in [0.2, 0.25) is 5.02 Å². The molecule has 0 aliphatic carbocycles. The zero-order valence-corrected chi connectivity index (χ0v) is 9.57. The number of anilines is 1. The smallest absolute Gasteiger partial charge is 0.277 e. The number of nitrogens with zero attached hydrogens (tertiary/aromatic N) is 3. The van der Waals surface area contributed by atoms with E-state index in [1.54, 1.807) is 7.05 Å². The van der Waals surface area contributed by atoms with E-state index >= 15 is 0 Å². The number of benzene rings is 1. The molecule has 0 radical (unpaired) electrons. The fourth-order valence-electron chi connectivity index (χ4n) is 1.22. The average molecular weight is 255 g/mol. The van der Waals surface area contributed by atoms with E-state index < -0.39 is 11.7 Å². The van der Waals surface area contributed by atoms with Crippen LogP contribution in [-0.4, -0.2) is 20.9 Å². The van der Waals surface area contributed by atoms with Crippen molar-refractivity contribution in [2.45, 2.75) is 0 Å². The predicted octanol–water partition coefficient (Wildman–Crippen LogP) is 1.86. The minimum Gasteiger partial charge on any atom is -0.320 e. The van der Waals surface area contributed by atoms with E-state index in [4.69, 9.17) is 11.6 Å². The van der Waals surface area contributed by atoms with Gasteiger partial charge in [-0.25, -0.2) is 4.39 Å². The van der Waals surface area contributed by atoms with Crippen molar-refractivity contribution in [3.63, 3.8) is 0 Å². The second-order valence-electron chi connectivity index (χ2n) is 3.30. The third-order valence-electron chi connectivity index (χ3n) is 2.01. The maximum atomic E-state index is 12.9. The number of halogens is 2. The number of carbonyl (C=O) groups is 1. The standard InChI is InChI=1S/C10H8ClFN4O/c1-16-13-5-9(15-16)10(17)14-6-2-3-8(12)7(11)4-6/h2-5H,1H3,(H,14,17). The lowest BCUT2D eigenvalue weighted by molar-refractivity contribution is 0.102. The minimum absolute atomic E-state index is 0.0538. The highest BCUT2D eigenvalue weighted by Crippen LogP contribution is 2.19. The highest BCUT2D eigenvalue weighted by molar-refractivity contribution is 6.31. The molecule has 0 atom stereocenters. The molecule has 0 saturated carbocycles. The lowest BCUT2D eigenvalue weighted by atomic mass is 10.3. The molecule has 0 bridgehead atoms. The van der Waals surface area contributed by atoms with E-state index in [-0.39, 0.29) is 10.7 Å². The van der Waals surface area contributed by atoms with Crippen molar-refractivity contribution in [3.05, 3.63) is 40.9 Å². The molecule has 1 N–H and O–H groups in total. The summed E-state index contributed by atoms with van der Waals surface area (Å²) in [4.78, 5) is 12.9. The number of nitrogens with one attached hydrogen (secondary N) is 1. The molecule has 1 aromatic carbocycles. The molecule has 0 aliphatic heterocycles. The van der Waals surface area contributed by atoms with Crippen molar-refractivity contribution in [1.29, 1.82) is 0 Å². The molecular formula is C10H8ClFN4O. The average Bonchev–Trinajstić information content (AvgIpc) is 2.70. The van der Waals surface area contributed by atoms with Crippen LogP contribution in [0.15, 0.2) is 24.4 Å². The molecular weight excluding hydrogens is 247 g/mol. The number of carbonyl (C=O) groups excluding carboxylic acids is 1. The monoisotopic (exact) mass is 254 g/mol. The van der Waals surface area contributed by atoms with Crippen LogP contribution >= 0.6 is 11.6 Å². The fourth-order valence-corrected chi connectivity index (χ4v) is 1.40. The van der Waals surface area contributed by atoms with Gasteiger partial charge in [-0.15, -0.1) is 5.10 Å². The van der Waals surface area contributed by atoms with Crippen molar-refractivity contribution >= 4 is 23.2 Å². The Morgan fingerprint density at radius 1 is 1.53 bits per heavy atom. The molecule has 2 rings (SSSR count). The molecule has 1 heterocycles. The van der Waals surface area contributed by atoms with Gasteiger partial charge in [0, 0.05) is 12.7 Å². The Morgan fingerprint density at radius 3 is 2.88 bits per heavy atom. The van der Waals surface area contributed by atoms with Crippen molar-refractivity contribution in [2.75, 3.05) is 5.32 Å². The van der Waals surface area contributed by atoms with Gasteiger partial charge in [-0.1, -0.05) is 11.6 Å². The van der Waals surface area contributed by atoms with Crippen molar-refractivity contribution in [1.82, 2.24) is 15.0 Å². The zero-order valence-electron chi connectivity index (χ0n) is 8.82. The van der Waals surface area contributed by atoms with Gasteiger partial charge in [-0.3, -0.25) is 4.79 Å². The van der Waals surface area contributed by atoms with Crippen molar-refractivity contribution in [2.24, 2.45) is 7.05 Å². The molecule has 5 nitrogen and oxygen atoms in total. The van der Waals surface area contributed by atoms with Crippen molar-refractivity contribution < 1.29 is 9.18 Å². The third-order valence-corrected chi connectivity index (χ3v) is 2.30. The number of rotatable bonds is 2. The highest BCUT2D eigenvalue weighted by Gasteiger charge is 2.10. The van der Waals surface area contributed by atoms with Crippen LogP contribution in [0.5, 0.6) is 0 Å². The van der Waals surface area contributed by atoms with Gasteiger partial charge in [0.15, 0.2) is 5.69 Å².